The molecule has 0 radical (unpaired) electrons. The third-order valence-electron chi connectivity index (χ3n) is 3.07. The number of benzene rings is 1. The summed E-state index contributed by atoms with van der Waals surface area (Å²) in [5, 5.41) is 4.00. The SMILES string of the molecule is Cc1nc2cc(-c3csc(CBr)n3)ccc2n1C. The molecular formula is C13H12BrN3S. The first-order chi connectivity index (χ1) is 8.69. The molecule has 1 aromatic carbocycles. The number of halogens is 1. The summed E-state index contributed by atoms with van der Waals surface area (Å²) >= 11 is 5.10. The number of rotatable bonds is 2. The first-order valence-electron chi connectivity index (χ1n) is 5.63. The third kappa shape index (κ3) is 1.87. The maximum atomic E-state index is 4.57. The minimum absolute atomic E-state index is 0.808. The highest BCUT2D eigenvalue weighted by Gasteiger charge is 2.08. The number of hydrogen-bond acceptors (Lipinski definition) is 3. The van der Waals surface area contributed by atoms with Crippen LogP contribution in [0, 0.1) is 6.92 Å². The van der Waals surface area contributed by atoms with E-state index in [4.69, 9.17) is 0 Å². The van der Waals surface area contributed by atoms with Gasteiger partial charge in [0, 0.05) is 18.0 Å². The molecule has 0 bridgehead atoms. The second-order valence-electron chi connectivity index (χ2n) is 4.18. The highest BCUT2D eigenvalue weighted by molar-refractivity contribution is 9.08. The minimum atomic E-state index is 0.808. The molecule has 0 saturated carbocycles. The molecule has 0 saturated heterocycles. The van der Waals surface area contributed by atoms with E-state index in [0.29, 0.717) is 0 Å². The molecule has 5 heteroatoms. The Hall–Kier alpha value is -1.20. The Bertz CT molecular complexity index is 714. The fourth-order valence-electron chi connectivity index (χ4n) is 1.98. The highest BCUT2D eigenvalue weighted by atomic mass is 79.9. The summed E-state index contributed by atoms with van der Waals surface area (Å²) in [6.45, 7) is 2.02. The average Bonchev–Trinajstić information content (AvgIpc) is 2.95. The summed E-state index contributed by atoms with van der Waals surface area (Å²) in [4.78, 5) is 9.13. The van der Waals surface area contributed by atoms with Gasteiger partial charge in [-0.25, -0.2) is 9.97 Å². The average molecular weight is 322 g/mol. The van der Waals surface area contributed by atoms with Crippen molar-refractivity contribution >= 4 is 38.3 Å². The van der Waals surface area contributed by atoms with Crippen LogP contribution in [0.5, 0.6) is 0 Å². The largest absolute Gasteiger partial charge is 0.331 e. The topological polar surface area (TPSA) is 30.7 Å². The molecule has 0 N–H and O–H groups in total. The number of fused-ring (bicyclic) bond motifs is 1. The van der Waals surface area contributed by atoms with Crippen LogP contribution >= 0.6 is 27.3 Å². The third-order valence-corrected chi connectivity index (χ3v) is 4.82. The van der Waals surface area contributed by atoms with Crippen LogP contribution in [0.3, 0.4) is 0 Å². The number of alkyl halides is 1. The van der Waals surface area contributed by atoms with Crippen LogP contribution in [-0.4, -0.2) is 14.5 Å². The molecule has 0 aliphatic heterocycles. The van der Waals surface area contributed by atoms with E-state index in [1.807, 2.05) is 14.0 Å². The quantitative estimate of drug-likeness (QED) is 0.670. The van der Waals surface area contributed by atoms with Crippen LogP contribution in [0.15, 0.2) is 23.6 Å². The first-order valence-corrected chi connectivity index (χ1v) is 7.63. The highest BCUT2D eigenvalue weighted by Crippen LogP contribution is 2.26. The van der Waals surface area contributed by atoms with Crippen LogP contribution < -0.4 is 0 Å². The van der Waals surface area contributed by atoms with Crippen molar-refractivity contribution in [1.82, 2.24) is 14.5 Å². The predicted octanol–water partition coefficient (Wildman–Crippen LogP) is 3.90. The Morgan fingerprint density at radius 3 is 2.89 bits per heavy atom. The number of aromatic nitrogens is 3. The summed E-state index contributed by atoms with van der Waals surface area (Å²) < 4.78 is 2.10. The van der Waals surface area contributed by atoms with Gasteiger partial charge >= 0.3 is 0 Å². The van der Waals surface area contributed by atoms with Crippen molar-refractivity contribution in [3.63, 3.8) is 0 Å². The van der Waals surface area contributed by atoms with E-state index in [1.54, 1.807) is 11.3 Å². The molecule has 0 amide bonds. The van der Waals surface area contributed by atoms with Crippen LogP contribution in [0.1, 0.15) is 10.8 Å². The van der Waals surface area contributed by atoms with E-state index < -0.39 is 0 Å². The molecule has 0 atom stereocenters. The van der Waals surface area contributed by atoms with Gasteiger partial charge in [0.1, 0.15) is 10.8 Å². The van der Waals surface area contributed by atoms with Crippen molar-refractivity contribution in [3.05, 3.63) is 34.4 Å². The van der Waals surface area contributed by atoms with E-state index in [0.717, 1.165) is 38.5 Å². The Labute approximate surface area is 118 Å². The molecule has 18 heavy (non-hydrogen) atoms. The lowest BCUT2D eigenvalue weighted by Gasteiger charge is -1.98. The molecule has 0 spiro atoms. The maximum Gasteiger partial charge on any atom is 0.106 e. The minimum Gasteiger partial charge on any atom is -0.331 e. The molecule has 2 heterocycles. The molecular weight excluding hydrogens is 310 g/mol. The molecule has 0 fully saturated rings. The summed E-state index contributed by atoms with van der Waals surface area (Å²) in [7, 11) is 2.04. The number of nitrogens with zero attached hydrogens (tertiary/aromatic N) is 3. The smallest absolute Gasteiger partial charge is 0.106 e. The molecule has 3 aromatic rings. The van der Waals surface area contributed by atoms with Gasteiger partial charge in [-0.2, -0.15) is 0 Å². The van der Waals surface area contributed by atoms with E-state index in [-0.39, 0.29) is 0 Å². The second-order valence-corrected chi connectivity index (χ2v) is 5.69. The summed E-state index contributed by atoms with van der Waals surface area (Å²) in [6, 6.07) is 6.32. The number of hydrogen-bond donors (Lipinski definition) is 0. The molecule has 3 nitrogen and oxygen atoms in total. The first kappa shape index (κ1) is 11.9. The zero-order chi connectivity index (χ0) is 12.7. The fraction of sp³-hybridized carbons (Fsp3) is 0.231. The van der Waals surface area contributed by atoms with E-state index in [2.05, 4.69) is 54.0 Å². The van der Waals surface area contributed by atoms with Gasteiger partial charge in [-0.1, -0.05) is 22.0 Å². The van der Waals surface area contributed by atoms with Gasteiger partial charge in [-0.15, -0.1) is 11.3 Å². The Morgan fingerprint density at radius 2 is 2.17 bits per heavy atom. The fourth-order valence-corrected chi connectivity index (χ4v) is 3.16. The number of aryl methyl sites for hydroxylation is 2. The number of thiazole rings is 1. The molecule has 3 rings (SSSR count). The Kier molecular flexibility index (Phi) is 2.95. The molecule has 92 valence electrons. The van der Waals surface area contributed by atoms with Crippen LogP contribution in [0.2, 0.25) is 0 Å². The van der Waals surface area contributed by atoms with Crippen molar-refractivity contribution in [3.8, 4) is 11.3 Å². The van der Waals surface area contributed by atoms with Crippen molar-refractivity contribution in [1.29, 1.82) is 0 Å². The van der Waals surface area contributed by atoms with Crippen LogP contribution in [0.25, 0.3) is 22.3 Å². The van der Waals surface area contributed by atoms with Gasteiger partial charge in [0.15, 0.2) is 0 Å². The van der Waals surface area contributed by atoms with Crippen LogP contribution in [-0.2, 0) is 12.4 Å². The molecule has 2 aromatic heterocycles. The lowest BCUT2D eigenvalue weighted by Crippen LogP contribution is -1.89. The zero-order valence-electron chi connectivity index (χ0n) is 10.1. The number of imidazole rings is 1. The van der Waals surface area contributed by atoms with Gasteiger partial charge in [-0.05, 0) is 19.1 Å². The van der Waals surface area contributed by atoms with Gasteiger partial charge in [0.2, 0.25) is 0 Å². The maximum absolute atomic E-state index is 4.57. The summed E-state index contributed by atoms with van der Waals surface area (Å²) in [5.74, 6) is 1.03. The summed E-state index contributed by atoms with van der Waals surface area (Å²) in [5.41, 5.74) is 4.34. The Morgan fingerprint density at radius 1 is 1.33 bits per heavy atom. The van der Waals surface area contributed by atoms with Gasteiger partial charge in [0.05, 0.1) is 22.1 Å². The normalized spacial score (nSPS) is 11.3. The van der Waals surface area contributed by atoms with E-state index in [9.17, 15) is 0 Å². The van der Waals surface area contributed by atoms with E-state index >= 15 is 0 Å². The van der Waals surface area contributed by atoms with E-state index in [1.165, 1.54) is 0 Å². The Balaban J connectivity index is 2.13. The van der Waals surface area contributed by atoms with Gasteiger partial charge < -0.3 is 4.57 Å². The standard InChI is InChI=1S/C13H12BrN3S/c1-8-15-10-5-9(3-4-12(10)17(8)2)11-7-18-13(6-14)16-11/h3-5,7H,6H2,1-2H3. The molecule has 0 aliphatic carbocycles. The monoisotopic (exact) mass is 321 g/mol. The van der Waals surface area contributed by atoms with Gasteiger partial charge in [-0.3, -0.25) is 0 Å². The molecule has 0 unspecified atom stereocenters. The predicted molar refractivity (Wildman–Crippen MR) is 79.2 cm³/mol. The summed E-state index contributed by atoms with van der Waals surface area (Å²) in [6.07, 6.45) is 0. The molecule has 0 aliphatic rings. The lowest BCUT2D eigenvalue weighted by molar-refractivity contribution is 0.886. The second kappa shape index (κ2) is 4.48. The van der Waals surface area contributed by atoms with Crippen molar-refractivity contribution in [2.24, 2.45) is 7.05 Å². The van der Waals surface area contributed by atoms with Crippen LogP contribution in [0.4, 0.5) is 0 Å². The van der Waals surface area contributed by atoms with Crippen molar-refractivity contribution in [2.75, 3.05) is 0 Å². The van der Waals surface area contributed by atoms with Gasteiger partial charge in [0.25, 0.3) is 0 Å². The van der Waals surface area contributed by atoms with Crippen molar-refractivity contribution in [2.45, 2.75) is 12.3 Å². The lowest BCUT2D eigenvalue weighted by atomic mass is 10.1. The van der Waals surface area contributed by atoms with Crippen molar-refractivity contribution < 1.29 is 0 Å². The zero-order valence-corrected chi connectivity index (χ0v) is 12.5.